The summed E-state index contributed by atoms with van der Waals surface area (Å²) in [5.74, 6) is 0. The predicted molar refractivity (Wildman–Crippen MR) is 77.6 cm³/mol. The van der Waals surface area contributed by atoms with Gasteiger partial charge >= 0.3 is 0 Å². The molecule has 1 heterocycles. The van der Waals surface area contributed by atoms with Crippen LogP contribution in [0.25, 0.3) is 0 Å². The molecule has 18 heavy (non-hydrogen) atoms. The fraction of sp³-hybridized carbons (Fsp3) is 0.267. The summed E-state index contributed by atoms with van der Waals surface area (Å²) in [5, 5.41) is 6.62. The Bertz CT molecular complexity index is 535. The van der Waals surface area contributed by atoms with Gasteiger partial charge in [0, 0.05) is 12.2 Å². The average molecular weight is 241 g/mol. The third-order valence-electron chi connectivity index (χ3n) is 2.91. The molecule has 0 atom stereocenters. The van der Waals surface area contributed by atoms with Gasteiger partial charge in [-0.1, -0.05) is 6.07 Å². The SMILES string of the molecule is CCNc1cncc(Nc2ccc(C)c(C)c2)c1. The highest BCUT2D eigenvalue weighted by Gasteiger charge is 1.99. The summed E-state index contributed by atoms with van der Waals surface area (Å²) in [6.07, 6.45) is 3.66. The molecule has 2 rings (SSSR count). The van der Waals surface area contributed by atoms with Gasteiger partial charge in [0.05, 0.1) is 23.8 Å². The van der Waals surface area contributed by atoms with Crippen molar-refractivity contribution in [2.24, 2.45) is 0 Å². The Labute approximate surface area is 108 Å². The van der Waals surface area contributed by atoms with E-state index in [1.54, 1.807) is 0 Å². The molecule has 2 aromatic rings. The van der Waals surface area contributed by atoms with Gasteiger partial charge in [-0.2, -0.15) is 0 Å². The van der Waals surface area contributed by atoms with Gasteiger partial charge in [0.15, 0.2) is 0 Å². The zero-order valence-corrected chi connectivity index (χ0v) is 11.1. The van der Waals surface area contributed by atoms with Crippen LogP contribution in [-0.2, 0) is 0 Å². The molecule has 3 heteroatoms. The molecule has 0 fully saturated rings. The van der Waals surface area contributed by atoms with E-state index in [4.69, 9.17) is 0 Å². The number of rotatable bonds is 4. The van der Waals surface area contributed by atoms with E-state index < -0.39 is 0 Å². The van der Waals surface area contributed by atoms with Gasteiger partial charge in [0.1, 0.15) is 0 Å². The van der Waals surface area contributed by atoms with Crippen LogP contribution in [0.3, 0.4) is 0 Å². The van der Waals surface area contributed by atoms with Crippen LogP contribution >= 0.6 is 0 Å². The van der Waals surface area contributed by atoms with Crippen LogP contribution in [0.1, 0.15) is 18.1 Å². The van der Waals surface area contributed by atoms with Crippen LogP contribution in [0, 0.1) is 13.8 Å². The number of hydrogen-bond donors (Lipinski definition) is 2. The van der Waals surface area contributed by atoms with Crippen molar-refractivity contribution in [3.63, 3.8) is 0 Å². The quantitative estimate of drug-likeness (QED) is 0.853. The topological polar surface area (TPSA) is 37.0 Å². The lowest BCUT2D eigenvalue weighted by molar-refractivity contribution is 1.19. The van der Waals surface area contributed by atoms with E-state index in [2.05, 4.69) is 60.7 Å². The van der Waals surface area contributed by atoms with Crippen LogP contribution in [0.2, 0.25) is 0 Å². The summed E-state index contributed by atoms with van der Waals surface area (Å²) in [4.78, 5) is 4.21. The molecule has 0 aliphatic heterocycles. The Balaban J connectivity index is 2.17. The van der Waals surface area contributed by atoms with E-state index in [1.165, 1.54) is 11.1 Å². The molecule has 0 spiro atoms. The summed E-state index contributed by atoms with van der Waals surface area (Å²) in [6.45, 7) is 7.21. The van der Waals surface area contributed by atoms with Gasteiger partial charge in [-0.05, 0) is 50.1 Å². The van der Waals surface area contributed by atoms with Gasteiger partial charge < -0.3 is 10.6 Å². The highest BCUT2D eigenvalue weighted by molar-refractivity contribution is 5.63. The molecule has 0 amide bonds. The van der Waals surface area contributed by atoms with Crippen LogP contribution in [0.4, 0.5) is 17.1 Å². The van der Waals surface area contributed by atoms with Gasteiger partial charge in [0.2, 0.25) is 0 Å². The first-order chi connectivity index (χ1) is 8.69. The van der Waals surface area contributed by atoms with Crippen LogP contribution < -0.4 is 10.6 Å². The van der Waals surface area contributed by atoms with Crippen molar-refractivity contribution in [3.8, 4) is 0 Å². The van der Waals surface area contributed by atoms with Crippen molar-refractivity contribution in [3.05, 3.63) is 47.8 Å². The Hall–Kier alpha value is -2.03. The first kappa shape index (κ1) is 12.4. The van der Waals surface area contributed by atoms with Gasteiger partial charge in [-0.15, -0.1) is 0 Å². The summed E-state index contributed by atoms with van der Waals surface area (Å²) in [6, 6.07) is 8.42. The first-order valence-electron chi connectivity index (χ1n) is 6.22. The van der Waals surface area contributed by atoms with Crippen molar-refractivity contribution in [2.45, 2.75) is 20.8 Å². The Morgan fingerprint density at radius 2 is 1.72 bits per heavy atom. The second kappa shape index (κ2) is 5.54. The van der Waals surface area contributed by atoms with Gasteiger partial charge in [0.25, 0.3) is 0 Å². The minimum absolute atomic E-state index is 0.898. The summed E-state index contributed by atoms with van der Waals surface area (Å²) < 4.78 is 0. The number of nitrogens with one attached hydrogen (secondary N) is 2. The zero-order chi connectivity index (χ0) is 13.0. The molecular weight excluding hydrogens is 222 g/mol. The second-order valence-corrected chi connectivity index (χ2v) is 4.42. The van der Waals surface area contributed by atoms with Gasteiger partial charge in [-0.3, -0.25) is 4.98 Å². The molecule has 1 aromatic carbocycles. The van der Waals surface area contributed by atoms with Crippen molar-refractivity contribution in [1.82, 2.24) is 4.98 Å². The molecule has 94 valence electrons. The lowest BCUT2D eigenvalue weighted by Gasteiger charge is -2.10. The number of benzene rings is 1. The van der Waals surface area contributed by atoms with E-state index in [0.717, 1.165) is 23.6 Å². The molecule has 0 saturated heterocycles. The maximum Gasteiger partial charge on any atom is 0.0591 e. The zero-order valence-electron chi connectivity index (χ0n) is 11.1. The number of nitrogens with zero attached hydrogens (tertiary/aromatic N) is 1. The van der Waals surface area contributed by atoms with Crippen molar-refractivity contribution >= 4 is 17.1 Å². The van der Waals surface area contributed by atoms with E-state index in [0.29, 0.717) is 0 Å². The second-order valence-electron chi connectivity index (χ2n) is 4.42. The number of hydrogen-bond acceptors (Lipinski definition) is 3. The Morgan fingerprint density at radius 1 is 0.944 bits per heavy atom. The standard InChI is InChI=1S/C15H19N3/c1-4-17-14-8-15(10-16-9-14)18-13-6-5-11(2)12(3)7-13/h5-10,17-18H,4H2,1-3H3. The lowest BCUT2D eigenvalue weighted by Crippen LogP contribution is -1.98. The number of aryl methyl sites for hydroxylation is 2. The Kier molecular flexibility index (Phi) is 3.82. The summed E-state index contributed by atoms with van der Waals surface area (Å²) in [5.41, 5.74) is 5.72. The molecule has 0 radical (unpaired) electrons. The molecule has 2 N–H and O–H groups in total. The molecule has 0 bridgehead atoms. The predicted octanol–water partition coefficient (Wildman–Crippen LogP) is 3.87. The average Bonchev–Trinajstić information content (AvgIpc) is 2.35. The highest BCUT2D eigenvalue weighted by atomic mass is 14.9. The van der Waals surface area contributed by atoms with Crippen molar-refractivity contribution in [2.75, 3.05) is 17.2 Å². The maximum atomic E-state index is 4.21. The fourth-order valence-electron chi connectivity index (χ4n) is 1.79. The fourth-order valence-corrected chi connectivity index (χ4v) is 1.79. The van der Waals surface area contributed by atoms with E-state index in [-0.39, 0.29) is 0 Å². The first-order valence-corrected chi connectivity index (χ1v) is 6.22. The summed E-state index contributed by atoms with van der Waals surface area (Å²) >= 11 is 0. The van der Waals surface area contributed by atoms with E-state index >= 15 is 0 Å². The molecule has 0 unspecified atom stereocenters. The molecule has 3 nitrogen and oxygen atoms in total. The number of aromatic nitrogens is 1. The van der Waals surface area contributed by atoms with Crippen LogP contribution in [0.15, 0.2) is 36.7 Å². The third-order valence-corrected chi connectivity index (χ3v) is 2.91. The Morgan fingerprint density at radius 3 is 2.44 bits per heavy atom. The number of anilines is 3. The molecule has 0 saturated carbocycles. The minimum atomic E-state index is 0.898. The van der Waals surface area contributed by atoms with Gasteiger partial charge in [-0.25, -0.2) is 0 Å². The largest absolute Gasteiger partial charge is 0.384 e. The smallest absolute Gasteiger partial charge is 0.0591 e. The molecule has 1 aromatic heterocycles. The number of pyridine rings is 1. The van der Waals surface area contributed by atoms with Crippen LogP contribution in [0.5, 0.6) is 0 Å². The summed E-state index contributed by atoms with van der Waals surface area (Å²) in [7, 11) is 0. The molecule has 0 aliphatic carbocycles. The minimum Gasteiger partial charge on any atom is -0.384 e. The lowest BCUT2D eigenvalue weighted by atomic mass is 10.1. The molecular formula is C15H19N3. The van der Waals surface area contributed by atoms with Crippen LogP contribution in [-0.4, -0.2) is 11.5 Å². The third kappa shape index (κ3) is 3.00. The monoisotopic (exact) mass is 241 g/mol. The normalized spacial score (nSPS) is 10.2. The van der Waals surface area contributed by atoms with E-state index in [9.17, 15) is 0 Å². The molecule has 0 aliphatic rings. The van der Waals surface area contributed by atoms with E-state index in [1.807, 2.05) is 12.4 Å². The highest BCUT2D eigenvalue weighted by Crippen LogP contribution is 2.20. The van der Waals surface area contributed by atoms with Crippen molar-refractivity contribution < 1.29 is 0 Å². The maximum absolute atomic E-state index is 4.21. The van der Waals surface area contributed by atoms with Crippen molar-refractivity contribution in [1.29, 1.82) is 0 Å².